The molecule has 1 heterocycles. The zero-order valence-corrected chi connectivity index (χ0v) is 17.7. The lowest BCUT2D eigenvalue weighted by molar-refractivity contribution is -0.0514. The normalized spacial score (nSPS) is 13.8. The molecule has 9 heteroatoms. The molecule has 1 atom stereocenters. The van der Waals surface area contributed by atoms with Crippen LogP contribution in [0, 0.1) is 6.92 Å². The Morgan fingerprint density at radius 1 is 1.20 bits per heavy atom. The van der Waals surface area contributed by atoms with Gasteiger partial charge in [0.05, 0.1) is 19.7 Å². The number of hydrogen-bond donors (Lipinski definition) is 3. The van der Waals surface area contributed by atoms with Crippen LogP contribution in [0.2, 0.25) is 0 Å². The largest absolute Gasteiger partial charge is 0.490 e. The molecule has 0 spiro atoms. The molecule has 1 unspecified atom stereocenters. The van der Waals surface area contributed by atoms with Gasteiger partial charge in [-0.15, -0.1) is 0 Å². The van der Waals surface area contributed by atoms with Gasteiger partial charge in [0.1, 0.15) is 17.1 Å². The van der Waals surface area contributed by atoms with E-state index in [0.717, 1.165) is 11.3 Å². The molecule has 0 amide bonds. The molecule has 0 aliphatic carbocycles. The number of benzene rings is 1. The van der Waals surface area contributed by atoms with Crippen LogP contribution in [0.5, 0.6) is 11.5 Å². The maximum Gasteiger partial charge on any atom is 0.387 e. The van der Waals surface area contributed by atoms with Gasteiger partial charge in [-0.3, -0.25) is 0 Å². The van der Waals surface area contributed by atoms with Crippen molar-refractivity contribution in [1.82, 2.24) is 10.6 Å². The number of nitrogens with one attached hydrogen (secondary N) is 2. The molecule has 1 aromatic carbocycles. The van der Waals surface area contributed by atoms with Crippen LogP contribution in [0.3, 0.4) is 0 Å². The minimum Gasteiger partial charge on any atom is -0.490 e. The van der Waals surface area contributed by atoms with Crippen LogP contribution in [0.4, 0.5) is 8.78 Å². The highest BCUT2D eigenvalue weighted by atomic mass is 19.3. The summed E-state index contributed by atoms with van der Waals surface area (Å²) < 4.78 is 40.5. The maximum absolute atomic E-state index is 12.5. The lowest BCUT2D eigenvalue weighted by atomic mass is 10.0. The Labute approximate surface area is 175 Å². The maximum atomic E-state index is 12.5. The Balaban J connectivity index is 2.08. The molecule has 30 heavy (non-hydrogen) atoms. The quantitative estimate of drug-likeness (QED) is 0.399. The van der Waals surface area contributed by atoms with Gasteiger partial charge in [0.25, 0.3) is 0 Å². The van der Waals surface area contributed by atoms with Crippen molar-refractivity contribution in [1.29, 1.82) is 0 Å². The van der Waals surface area contributed by atoms with Crippen LogP contribution in [0.15, 0.2) is 39.7 Å². The van der Waals surface area contributed by atoms with Crippen LogP contribution in [-0.2, 0) is 12.1 Å². The smallest absolute Gasteiger partial charge is 0.387 e. The molecule has 0 saturated heterocycles. The average Bonchev–Trinajstić information content (AvgIpc) is 3.13. The fourth-order valence-electron chi connectivity index (χ4n) is 2.69. The third-order valence-corrected chi connectivity index (χ3v) is 4.16. The topological polar surface area (TPSA) is 88.3 Å². The van der Waals surface area contributed by atoms with E-state index in [4.69, 9.17) is 9.15 Å². The van der Waals surface area contributed by atoms with E-state index in [1.807, 2.05) is 13.8 Å². The van der Waals surface area contributed by atoms with E-state index in [1.165, 1.54) is 6.07 Å². The van der Waals surface area contributed by atoms with E-state index in [0.29, 0.717) is 24.9 Å². The first-order chi connectivity index (χ1) is 14.2. The number of aliphatic hydroxyl groups is 1. The van der Waals surface area contributed by atoms with Gasteiger partial charge in [-0.2, -0.15) is 8.78 Å². The van der Waals surface area contributed by atoms with Crippen molar-refractivity contribution >= 4 is 5.96 Å². The lowest BCUT2D eigenvalue weighted by Gasteiger charge is -2.23. The highest BCUT2D eigenvalue weighted by Gasteiger charge is 2.27. The number of hydrogen-bond acceptors (Lipinski definition) is 5. The molecule has 0 aliphatic heterocycles. The molecular formula is C21H29F2N3O4. The zero-order chi connectivity index (χ0) is 22.1. The van der Waals surface area contributed by atoms with Crippen molar-refractivity contribution < 1.29 is 27.8 Å². The molecule has 1 aromatic heterocycles. The van der Waals surface area contributed by atoms with Gasteiger partial charge >= 0.3 is 6.61 Å². The van der Waals surface area contributed by atoms with Crippen LogP contribution in [0.25, 0.3) is 0 Å². The number of rotatable bonds is 10. The molecule has 0 radical (unpaired) electrons. The summed E-state index contributed by atoms with van der Waals surface area (Å²) in [7, 11) is 0. The van der Waals surface area contributed by atoms with Gasteiger partial charge in [-0.1, -0.05) is 6.07 Å². The van der Waals surface area contributed by atoms with E-state index in [1.54, 1.807) is 38.1 Å². The van der Waals surface area contributed by atoms with Crippen molar-refractivity contribution in [2.75, 3.05) is 19.7 Å². The average molecular weight is 425 g/mol. The van der Waals surface area contributed by atoms with Crippen molar-refractivity contribution in [2.24, 2.45) is 4.99 Å². The Hall–Kier alpha value is -2.81. The number of nitrogens with zero attached hydrogens (tertiary/aromatic N) is 1. The summed E-state index contributed by atoms with van der Waals surface area (Å²) >= 11 is 0. The molecular weight excluding hydrogens is 396 g/mol. The molecule has 166 valence electrons. The summed E-state index contributed by atoms with van der Waals surface area (Å²) in [5, 5.41) is 16.9. The van der Waals surface area contributed by atoms with Crippen LogP contribution >= 0.6 is 0 Å². The van der Waals surface area contributed by atoms with Crippen LogP contribution in [0.1, 0.15) is 37.9 Å². The van der Waals surface area contributed by atoms with Crippen molar-refractivity contribution in [2.45, 2.75) is 46.5 Å². The lowest BCUT2D eigenvalue weighted by Crippen LogP contribution is -2.44. The predicted octanol–water partition coefficient (Wildman–Crippen LogP) is 3.55. The first kappa shape index (κ1) is 23.5. The number of alkyl halides is 2. The summed E-state index contributed by atoms with van der Waals surface area (Å²) in [6.45, 7) is 5.61. The van der Waals surface area contributed by atoms with E-state index in [9.17, 15) is 13.9 Å². The van der Waals surface area contributed by atoms with Gasteiger partial charge < -0.3 is 29.6 Å². The summed E-state index contributed by atoms with van der Waals surface area (Å²) in [5.74, 6) is 1.88. The van der Waals surface area contributed by atoms with Crippen molar-refractivity contribution in [3.05, 3.63) is 47.4 Å². The van der Waals surface area contributed by atoms with E-state index in [2.05, 4.69) is 20.4 Å². The monoisotopic (exact) mass is 425 g/mol. The standard InChI is InChI=1S/C21H29F2N3O4/c1-5-24-20(26-13-21(4,27)18-10-7-14(3)29-18)25-12-15-8-9-16(30-19(22)23)17(11-15)28-6-2/h7-11,19,27H,5-6,12-13H2,1-4H3,(H2,24,25,26). The second-order valence-electron chi connectivity index (χ2n) is 6.83. The third kappa shape index (κ3) is 6.91. The number of furan rings is 1. The van der Waals surface area contributed by atoms with Crippen LogP contribution in [-0.4, -0.2) is 37.4 Å². The number of halogens is 2. The van der Waals surface area contributed by atoms with Crippen molar-refractivity contribution in [3.8, 4) is 11.5 Å². The first-order valence-corrected chi connectivity index (χ1v) is 9.77. The fourth-order valence-corrected chi connectivity index (χ4v) is 2.69. The summed E-state index contributed by atoms with van der Waals surface area (Å²) in [6.07, 6.45) is 0. The Kier molecular flexibility index (Phi) is 8.46. The van der Waals surface area contributed by atoms with Gasteiger partial charge in [0.15, 0.2) is 17.5 Å². The summed E-state index contributed by atoms with van der Waals surface area (Å²) in [5.41, 5.74) is -0.466. The Morgan fingerprint density at radius 3 is 2.57 bits per heavy atom. The third-order valence-electron chi connectivity index (χ3n) is 4.16. The molecule has 0 bridgehead atoms. The zero-order valence-electron chi connectivity index (χ0n) is 17.7. The van der Waals surface area contributed by atoms with Gasteiger partial charge in [0, 0.05) is 6.54 Å². The van der Waals surface area contributed by atoms with Crippen molar-refractivity contribution in [3.63, 3.8) is 0 Å². The fraction of sp³-hybridized carbons (Fsp3) is 0.476. The second-order valence-corrected chi connectivity index (χ2v) is 6.83. The molecule has 3 N–H and O–H groups in total. The Bertz CT molecular complexity index is 837. The van der Waals surface area contributed by atoms with Gasteiger partial charge in [0.2, 0.25) is 0 Å². The number of aliphatic imine (C=N–C) groups is 1. The molecule has 0 fully saturated rings. The SMILES string of the molecule is CCNC(=NCc1ccc(OC(F)F)c(OCC)c1)NCC(C)(O)c1ccc(C)o1. The molecule has 7 nitrogen and oxygen atoms in total. The minimum atomic E-state index is -2.93. The molecule has 2 rings (SSSR count). The molecule has 2 aromatic rings. The van der Waals surface area contributed by atoms with Gasteiger partial charge in [-0.25, -0.2) is 4.99 Å². The van der Waals surface area contributed by atoms with E-state index >= 15 is 0 Å². The number of aryl methyl sites for hydroxylation is 1. The molecule has 0 saturated carbocycles. The highest BCUT2D eigenvalue weighted by molar-refractivity contribution is 5.79. The first-order valence-electron chi connectivity index (χ1n) is 9.77. The Morgan fingerprint density at radius 2 is 1.97 bits per heavy atom. The van der Waals surface area contributed by atoms with E-state index in [-0.39, 0.29) is 24.6 Å². The van der Waals surface area contributed by atoms with Gasteiger partial charge in [-0.05, 0) is 57.5 Å². The number of guanidine groups is 1. The van der Waals surface area contributed by atoms with Crippen LogP contribution < -0.4 is 20.1 Å². The second kappa shape index (κ2) is 10.8. The summed E-state index contributed by atoms with van der Waals surface area (Å²) in [6, 6.07) is 8.23. The predicted molar refractivity (Wildman–Crippen MR) is 110 cm³/mol. The number of ether oxygens (including phenoxy) is 2. The highest BCUT2D eigenvalue weighted by Crippen LogP contribution is 2.30. The summed E-state index contributed by atoms with van der Waals surface area (Å²) in [4.78, 5) is 4.49. The minimum absolute atomic E-state index is 0.0191. The molecule has 0 aliphatic rings. The van der Waals surface area contributed by atoms with E-state index < -0.39 is 12.2 Å².